The van der Waals surface area contributed by atoms with Gasteiger partial charge in [0, 0.05) is 2.85 Å². The summed E-state index contributed by atoms with van der Waals surface area (Å²) < 4.78 is 11.4. The third-order valence-corrected chi connectivity index (χ3v) is 2.89. The number of hydrogen-bond acceptors (Lipinski definition) is 4. The van der Waals surface area contributed by atoms with E-state index in [9.17, 15) is 0 Å². The molecule has 4 atom stereocenters. The lowest BCUT2D eigenvalue weighted by Gasteiger charge is -2.16. The highest BCUT2D eigenvalue weighted by atomic mass is 16.6. The van der Waals surface area contributed by atoms with Crippen LogP contribution in [0.5, 0.6) is 0 Å². The Bertz CT molecular complexity index is 185. The molecule has 0 aromatic heterocycles. The first-order chi connectivity index (χ1) is 6.36. The highest BCUT2D eigenvalue weighted by Gasteiger charge is 2.46. The predicted octanol–water partition coefficient (Wildman–Crippen LogP) is -0.158. The van der Waals surface area contributed by atoms with Crippen molar-refractivity contribution in [2.75, 3.05) is 26.8 Å². The zero-order chi connectivity index (χ0) is 9.26. The quantitative estimate of drug-likeness (QED) is 0.649. The molecule has 0 spiro atoms. The topological polar surface area (TPSA) is 42.5 Å². The summed E-state index contributed by atoms with van der Waals surface area (Å²) in [5.41, 5.74) is 0. The van der Waals surface area contributed by atoms with Crippen LogP contribution in [0.1, 0.15) is 9.78 Å². The van der Waals surface area contributed by atoms with E-state index in [0.717, 1.165) is 19.8 Å². The van der Waals surface area contributed by atoms with Gasteiger partial charge in [-0.15, -0.1) is 0 Å². The van der Waals surface area contributed by atoms with Gasteiger partial charge in [0.05, 0.1) is 25.3 Å². The molecule has 2 saturated heterocycles. The van der Waals surface area contributed by atoms with Gasteiger partial charge < -0.3 is 20.1 Å². The van der Waals surface area contributed by atoms with Crippen LogP contribution >= 0.6 is 0 Å². The molecule has 0 unspecified atom stereocenters. The molecule has 2 fully saturated rings. The van der Waals surface area contributed by atoms with Gasteiger partial charge in [-0.2, -0.15) is 0 Å². The second-order valence-corrected chi connectivity index (χ2v) is 3.66. The van der Waals surface area contributed by atoms with Crippen LogP contribution in [-0.4, -0.2) is 51.1 Å². The van der Waals surface area contributed by atoms with Gasteiger partial charge >= 0.3 is 0 Å². The summed E-state index contributed by atoms with van der Waals surface area (Å²) in [6.45, 7) is 4.64. The van der Waals surface area contributed by atoms with Crippen LogP contribution in [-0.2, 0) is 9.47 Å². The number of hydrogen-bond donors (Lipinski definition) is 2. The third kappa shape index (κ3) is 1.59. The fourth-order valence-corrected chi connectivity index (χ4v) is 2.18. The third-order valence-electron chi connectivity index (χ3n) is 2.89. The van der Waals surface area contributed by atoms with E-state index in [4.69, 9.17) is 9.47 Å². The first-order valence-corrected chi connectivity index (χ1v) is 5.00. The van der Waals surface area contributed by atoms with Crippen molar-refractivity contribution in [1.29, 1.82) is 0 Å². The number of likely N-dealkylation sites (N-methyl/N-ethyl adjacent to an activating group) is 2. The van der Waals surface area contributed by atoms with Crippen molar-refractivity contribution in [1.82, 2.24) is 10.6 Å². The van der Waals surface area contributed by atoms with Gasteiger partial charge in [-0.3, -0.25) is 0 Å². The first-order valence-electron chi connectivity index (χ1n) is 5.00. The Hall–Kier alpha value is -0.160. The maximum Gasteiger partial charge on any atom is 0.103 e. The van der Waals surface area contributed by atoms with Crippen LogP contribution in [0, 0.1) is 0 Å². The van der Waals surface area contributed by atoms with Gasteiger partial charge in [-0.05, 0) is 13.6 Å². The Balaban J connectivity index is 0.000000980. The zero-order valence-electron chi connectivity index (χ0n) is 8.25. The minimum Gasteiger partial charge on any atom is -0.372 e. The van der Waals surface area contributed by atoms with E-state index in [1.165, 1.54) is 0 Å². The summed E-state index contributed by atoms with van der Waals surface area (Å²) in [6.07, 6.45) is 0.492. The van der Waals surface area contributed by atoms with E-state index in [-0.39, 0.29) is 15.1 Å². The van der Waals surface area contributed by atoms with Gasteiger partial charge in [0.15, 0.2) is 0 Å². The molecule has 4 nitrogen and oxygen atoms in total. The summed E-state index contributed by atoms with van der Waals surface area (Å²) >= 11 is 0. The Morgan fingerprint density at radius 2 is 1.85 bits per heavy atom. The van der Waals surface area contributed by atoms with Crippen LogP contribution in [0.3, 0.4) is 0 Å². The highest BCUT2D eigenvalue weighted by Crippen LogP contribution is 2.26. The number of fused-ring (bicyclic) bond motifs is 1. The van der Waals surface area contributed by atoms with Crippen molar-refractivity contribution in [3.8, 4) is 0 Å². The van der Waals surface area contributed by atoms with Crippen molar-refractivity contribution in [2.45, 2.75) is 31.2 Å². The molecular formula is C9H22N2O2. The number of nitrogens with one attached hydrogen (secondary N) is 2. The van der Waals surface area contributed by atoms with Gasteiger partial charge in [0.1, 0.15) is 12.2 Å². The van der Waals surface area contributed by atoms with E-state index >= 15 is 0 Å². The van der Waals surface area contributed by atoms with Gasteiger partial charge in [0.25, 0.3) is 0 Å². The molecule has 4 heteroatoms. The second kappa shape index (κ2) is 3.92. The summed E-state index contributed by atoms with van der Waals surface area (Å²) in [5.74, 6) is 0. The molecule has 2 aliphatic rings. The largest absolute Gasteiger partial charge is 0.372 e. The fraction of sp³-hybridized carbons (Fsp3) is 1.00. The van der Waals surface area contributed by atoms with Crippen molar-refractivity contribution in [3.63, 3.8) is 0 Å². The van der Waals surface area contributed by atoms with Crippen molar-refractivity contribution in [2.24, 2.45) is 0 Å². The van der Waals surface area contributed by atoms with Crippen molar-refractivity contribution >= 4 is 0 Å². The molecule has 2 rings (SSSR count). The maximum atomic E-state index is 5.70. The van der Waals surface area contributed by atoms with Gasteiger partial charge in [-0.25, -0.2) is 0 Å². The molecule has 80 valence electrons. The Labute approximate surface area is 81.9 Å². The van der Waals surface area contributed by atoms with Crippen LogP contribution in [0.2, 0.25) is 0 Å². The summed E-state index contributed by atoms with van der Waals surface area (Å²) in [7, 11) is 1.96. The molecule has 0 aromatic carbocycles. The van der Waals surface area contributed by atoms with E-state index in [1.54, 1.807) is 0 Å². The van der Waals surface area contributed by atoms with Crippen molar-refractivity contribution < 1.29 is 12.3 Å². The monoisotopic (exact) mass is 190 g/mol. The molecule has 0 saturated carbocycles. The molecule has 2 aliphatic heterocycles. The second-order valence-electron chi connectivity index (χ2n) is 3.66. The summed E-state index contributed by atoms with van der Waals surface area (Å²) in [6, 6.07) is 0.752. The lowest BCUT2D eigenvalue weighted by atomic mass is 10.1. The SMILES string of the molecule is CCN[C@H]1CO[C@H]2[C@@H]1OC[C@@H]2NC.[HH].[HH]. The highest BCUT2D eigenvalue weighted by molar-refractivity contribution is 4.99. The van der Waals surface area contributed by atoms with Crippen LogP contribution in [0.15, 0.2) is 0 Å². The molecule has 0 radical (unpaired) electrons. The zero-order valence-corrected chi connectivity index (χ0v) is 8.25. The molecule has 2 heterocycles. The number of rotatable bonds is 3. The van der Waals surface area contributed by atoms with Gasteiger partial charge in [-0.1, -0.05) is 6.92 Å². The van der Waals surface area contributed by atoms with Crippen LogP contribution in [0.25, 0.3) is 0 Å². The maximum absolute atomic E-state index is 5.70. The van der Waals surface area contributed by atoms with E-state index in [2.05, 4.69) is 17.6 Å². The smallest absolute Gasteiger partial charge is 0.103 e. The van der Waals surface area contributed by atoms with Crippen LogP contribution < -0.4 is 10.6 Å². The lowest BCUT2D eigenvalue weighted by Crippen LogP contribution is -2.42. The minimum atomic E-state index is 0. The van der Waals surface area contributed by atoms with Crippen molar-refractivity contribution in [3.05, 3.63) is 0 Å². The average Bonchev–Trinajstić information content (AvgIpc) is 2.68. The molecule has 0 bridgehead atoms. The Kier molecular flexibility index (Phi) is 2.83. The normalized spacial score (nSPS) is 43.8. The lowest BCUT2D eigenvalue weighted by molar-refractivity contribution is 0.0661. The molecule has 2 N–H and O–H groups in total. The molecular weight excluding hydrogens is 168 g/mol. The van der Waals surface area contributed by atoms with E-state index in [1.807, 2.05) is 7.05 Å². The summed E-state index contributed by atoms with van der Waals surface area (Å²) in [5, 5.41) is 6.60. The minimum absolute atomic E-state index is 0. The molecule has 0 aliphatic carbocycles. The Morgan fingerprint density at radius 3 is 2.46 bits per heavy atom. The standard InChI is InChI=1S/C9H18N2O2.2H2/c1-3-11-7-5-13-8-6(10-2)4-12-9(7)8;;/h6-11H,3-5H2,1-2H3;2*1H/t6-,7-,8+,9+;;/m0../s1. The Morgan fingerprint density at radius 1 is 1.23 bits per heavy atom. The number of ether oxygens (including phenoxy) is 2. The first kappa shape index (κ1) is 9.40. The van der Waals surface area contributed by atoms with E-state index < -0.39 is 0 Å². The molecule has 0 aromatic rings. The molecule has 13 heavy (non-hydrogen) atoms. The summed E-state index contributed by atoms with van der Waals surface area (Å²) in [4.78, 5) is 0. The average molecular weight is 190 g/mol. The van der Waals surface area contributed by atoms with E-state index in [0.29, 0.717) is 12.1 Å². The van der Waals surface area contributed by atoms with Crippen LogP contribution in [0.4, 0.5) is 0 Å². The predicted molar refractivity (Wildman–Crippen MR) is 54.0 cm³/mol. The molecule has 0 amide bonds. The van der Waals surface area contributed by atoms with Gasteiger partial charge in [0.2, 0.25) is 0 Å². The fourth-order valence-electron chi connectivity index (χ4n) is 2.18.